The van der Waals surface area contributed by atoms with E-state index in [0.29, 0.717) is 11.8 Å². The van der Waals surface area contributed by atoms with Gasteiger partial charge in [0.1, 0.15) is 0 Å². The second kappa shape index (κ2) is 13.1. The third-order valence-corrected chi connectivity index (χ3v) is 7.03. The molecule has 5 nitrogen and oxygen atoms in total. The van der Waals surface area contributed by atoms with Gasteiger partial charge in [-0.1, -0.05) is 42.0 Å². The number of nitrogens with zero attached hydrogens (tertiary/aromatic N) is 2. The van der Waals surface area contributed by atoms with Gasteiger partial charge >= 0.3 is 0 Å². The van der Waals surface area contributed by atoms with E-state index in [0.717, 1.165) is 25.2 Å². The van der Waals surface area contributed by atoms with Crippen LogP contribution in [0.15, 0.2) is 90.0 Å². The van der Waals surface area contributed by atoms with Gasteiger partial charge in [-0.25, -0.2) is 0 Å². The van der Waals surface area contributed by atoms with Crippen molar-refractivity contribution in [2.24, 2.45) is 0 Å². The topological polar surface area (TPSA) is 61.5 Å². The highest BCUT2D eigenvalue weighted by Crippen LogP contribution is 2.17. The van der Waals surface area contributed by atoms with E-state index in [2.05, 4.69) is 77.2 Å². The van der Waals surface area contributed by atoms with E-state index in [4.69, 9.17) is 27.8 Å². The molecule has 0 aliphatic rings. The molecule has 0 fully saturated rings. The summed E-state index contributed by atoms with van der Waals surface area (Å²) in [6, 6.07) is 25.4. The predicted molar refractivity (Wildman–Crippen MR) is 149 cm³/mol. The van der Waals surface area contributed by atoms with Gasteiger partial charge in [-0.3, -0.25) is 4.55 Å². The van der Waals surface area contributed by atoms with Crippen LogP contribution in [0.1, 0.15) is 16.7 Å². The number of aryl methyl sites for hydroxylation is 2. The Morgan fingerprint density at radius 1 is 0.833 bits per heavy atom. The van der Waals surface area contributed by atoms with Crippen LogP contribution in [0.5, 0.6) is 0 Å². The molecule has 8 heteroatoms. The minimum Gasteiger partial charge on any atom is -0.369 e. The van der Waals surface area contributed by atoms with Gasteiger partial charge < -0.3 is 4.90 Å². The number of hydrogen-bond donors (Lipinski definition) is 1. The number of hydrogen-bond acceptors (Lipinski definition) is 3. The van der Waals surface area contributed by atoms with Gasteiger partial charge in [0.2, 0.25) is 5.52 Å². The van der Waals surface area contributed by atoms with Crippen molar-refractivity contribution in [1.82, 2.24) is 0 Å². The van der Waals surface area contributed by atoms with E-state index in [9.17, 15) is 8.42 Å². The maximum Gasteiger partial charge on any atom is 0.294 e. The van der Waals surface area contributed by atoms with Crippen LogP contribution >= 0.6 is 23.2 Å². The molecule has 0 saturated carbocycles. The highest BCUT2D eigenvalue weighted by Gasteiger charge is 2.12. The van der Waals surface area contributed by atoms with Crippen LogP contribution in [0.3, 0.4) is 0 Å². The maximum absolute atomic E-state index is 10.5. The van der Waals surface area contributed by atoms with E-state index in [1.165, 1.54) is 39.8 Å². The first-order valence-corrected chi connectivity index (χ1v) is 14.1. The van der Waals surface area contributed by atoms with Gasteiger partial charge in [0.05, 0.1) is 4.90 Å². The molecular weight excluding hydrogens is 515 g/mol. The summed E-state index contributed by atoms with van der Waals surface area (Å²) in [6.07, 6.45) is 2.17. The number of aromatic nitrogens is 1. The van der Waals surface area contributed by atoms with Crippen LogP contribution in [0.25, 0.3) is 10.9 Å². The summed E-state index contributed by atoms with van der Waals surface area (Å²) >= 11 is 11.8. The van der Waals surface area contributed by atoms with Gasteiger partial charge in [0.25, 0.3) is 10.1 Å². The Labute approximate surface area is 223 Å². The van der Waals surface area contributed by atoms with E-state index >= 15 is 0 Å². The number of anilines is 1. The molecule has 190 valence electrons. The van der Waals surface area contributed by atoms with Crippen molar-refractivity contribution in [3.8, 4) is 0 Å². The number of fused-ring (bicyclic) bond motifs is 1. The summed E-state index contributed by atoms with van der Waals surface area (Å²) in [5.41, 5.74) is 5.97. The first kappa shape index (κ1) is 27.9. The molecule has 0 aliphatic heterocycles. The summed E-state index contributed by atoms with van der Waals surface area (Å²) in [5.74, 6) is 1.20. The predicted octanol–water partition coefficient (Wildman–Crippen LogP) is 6.01. The lowest BCUT2D eigenvalue weighted by Gasteiger charge is -2.22. The van der Waals surface area contributed by atoms with E-state index in [1.807, 2.05) is 6.92 Å². The lowest BCUT2D eigenvalue weighted by molar-refractivity contribution is -0.662. The summed E-state index contributed by atoms with van der Waals surface area (Å²) in [4.78, 5) is 2.15. The Morgan fingerprint density at radius 2 is 1.44 bits per heavy atom. The van der Waals surface area contributed by atoms with Crippen LogP contribution < -0.4 is 9.47 Å². The van der Waals surface area contributed by atoms with Crippen LogP contribution in [0, 0.1) is 13.8 Å². The fourth-order valence-electron chi connectivity index (χ4n) is 3.86. The molecule has 0 radical (unpaired) electrons. The van der Waals surface area contributed by atoms with Gasteiger partial charge in [-0.2, -0.15) is 13.0 Å². The van der Waals surface area contributed by atoms with Gasteiger partial charge in [-0.15, -0.1) is 23.2 Å². The number of benzene rings is 3. The molecule has 36 heavy (non-hydrogen) atoms. The molecule has 1 aromatic heterocycles. The number of rotatable bonds is 8. The standard InChI is InChI=1S/C21H23Cl2N2.C7H8O3S/c1-17-10-13-25(21-5-3-2-4-20(17)21)16-18-6-8-19(9-7-18)24(14-11-22)15-12-23;1-6-2-4-7(5-3-6)11(8,9)10/h2-10,13H,11-12,14-16H2,1H3;2-5H,1H3,(H,8,9,10)/q+1;. The molecule has 0 aliphatic carbocycles. The molecule has 3 aromatic carbocycles. The number of alkyl halides is 2. The second-order valence-corrected chi connectivity index (χ2v) is 10.6. The average Bonchev–Trinajstić information content (AvgIpc) is 2.86. The lowest BCUT2D eigenvalue weighted by atomic mass is 10.1. The maximum atomic E-state index is 10.5. The molecule has 0 amide bonds. The van der Waals surface area contributed by atoms with Crippen molar-refractivity contribution >= 4 is 49.9 Å². The minimum absolute atomic E-state index is 0.0666. The minimum atomic E-state index is -4.02. The summed E-state index contributed by atoms with van der Waals surface area (Å²) < 4.78 is 31.8. The molecule has 1 N–H and O–H groups in total. The first-order chi connectivity index (χ1) is 17.2. The van der Waals surface area contributed by atoms with Crippen LogP contribution in [0.4, 0.5) is 5.69 Å². The molecule has 1 heterocycles. The van der Waals surface area contributed by atoms with E-state index in [1.54, 1.807) is 12.1 Å². The summed E-state index contributed by atoms with van der Waals surface area (Å²) in [6.45, 7) is 6.47. The van der Waals surface area contributed by atoms with Crippen molar-refractivity contribution in [2.45, 2.75) is 25.3 Å². The van der Waals surface area contributed by atoms with Crippen molar-refractivity contribution in [1.29, 1.82) is 0 Å². The summed E-state index contributed by atoms with van der Waals surface area (Å²) in [5, 5.41) is 1.30. The Hall–Kier alpha value is -2.64. The Morgan fingerprint density at radius 3 is 2.03 bits per heavy atom. The highest BCUT2D eigenvalue weighted by atomic mass is 35.5. The fraction of sp³-hybridized carbons (Fsp3) is 0.250. The molecule has 0 atom stereocenters. The zero-order valence-electron chi connectivity index (χ0n) is 20.4. The highest BCUT2D eigenvalue weighted by molar-refractivity contribution is 7.85. The zero-order valence-corrected chi connectivity index (χ0v) is 22.8. The third kappa shape index (κ3) is 7.68. The molecule has 0 saturated heterocycles. The third-order valence-electron chi connectivity index (χ3n) is 5.82. The number of halogens is 2. The largest absolute Gasteiger partial charge is 0.369 e. The number of pyridine rings is 1. The Bertz CT molecular complexity index is 1370. The van der Waals surface area contributed by atoms with Crippen molar-refractivity contribution < 1.29 is 17.5 Å². The second-order valence-electron chi connectivity index (χ2n) is 8.46. The van der Waals surface area contributed by atoms with Crippen LogP contribution in [0.2, 0.25) is 0 Å². The van der Waals surface area contributed by atoms with Gasteiger partial charge in [0, 0.05) is 53.6 Å². The molecule has 4 rings (SSSR count). The molecule has 0 spiro atoms. The van der Waals surface area contributed by atoms with Crippen molar-refractivity contribution in [2.75, 3.05) is 29.7 Å². The smallest absolute Gasteiger partial charge is 0.294 e. The van der Waals surface area contributed by atoms with Crippen molar-refractivity contribution in [3.05, 3.63) is 102 Å². The van der Waals surface area contributed by atoms with E-state index < -0.39 is 10.1 Å². The molecule has 0 bridgehead atoms. The summed E-state index contributed by atoms with van der Waals surface area (Å²) in [7, 11) is -4.02. The Balaban J connectivity index is 0.000000275. The zero-order chi connectivity index (χ0) is 26.1. The normalized spacial score (nSPS) is 11.1. The fourth-order valence-corrected chi connectivity index (χ4v) is 4.75. The average molecular weight is 547 g/mol. The number of para-hydroxylation sites is 1. The molecular formula is C28H31Cl2N2O3S+. The van der Waals surface area contributed by atoms with Crippen molar-refractivity contribution in [3.63, 3.8) is 0 Å². The molecule has 4 aromatic rings. The van der Waals surface area contributed by atoms with Crippen LogP contribution in [-0.4, -0.2) is 37.8 Å². The monoisotopic (exact) mass is 545 g/mol. The van der Waals surface area contributed by atoms with Gasteiger partial charge in [-0.05, 0) is 49.7 Å². The Kier molecular flexibility index (Phi) is 10.1. The van der Waals surface area contributed by atoms with Crippen LogP contribution in [-0.2, 0) is 16.7 Å². The SMILES string of the molecule is Cc1cc[n+](Cc2ccc(N(CCCl)CCCl)cc2)c2ccccc12.Cc1ccc(S(=O)(=O)O)cc1. The lowest BCUT2D eigenvalue weighted by Crippen LogP contribution is -2.35. The van der Waals surface area contributed by atoms with E-state index in [-0.39, 0.29) is 4.90 Å². The molecule has 0 unspecified atom stereocenters. The van der Waals surface area contributed by atoms with Gasteiger partial charge in [0.15, 0.2) is 12.7 Å². The first-order valence-electron chi connectivity index (χ1n) is 11.6. The quantitative estimate of drug-likeness (QED) is 0.167.